The zero-order valence-corrected chi connectivity index (χ0v) is 9.69. The number of carbonyl (C=O) groups is 1. The van der Waals surface area contributed by atoms with E-state index in [1.165, 1.54) is 0 Å². The van der Waals surface area contributed by atoms with Crippen molar-refractivity contribution in [3.8, 4) is 0 Å². The maximum atomic E-state index is 11.5. The molecule has 0 atom stereocenters. The van der Waals surface area contributed by atoms with Gasteiger partial charge in [-0.2, -0.15) is 0 Å². The van der Waals surface area contributed by atoms with E-state index in [1.54, 1.807) is 19.2 Å². The average Bonchev–Trinajstić information content (AvgIpc) is 2.26. The van der Waals surface area contributed by atoms with Crippen molar-refractivity contribution in [3.05, 3.63) is 28.8 Å². The van der Waals surface area contributed by atoms with Crippen LogP contribution in [0.25, 0.3) is 0 Å². The van der Waals surface area contributed by atoms with Crippen molar-refractivity contribution in [1.29, 1.82) is 0 Å². The van der Waals surface area contributed by atoms with E-state index in [0.717, 1.165) is 18.7 Å². The lowest BCUT2D eigenvalue weighted by molar-refractivity contribution is 0.0964. The fourth-order valence-electron chi connectivity index (χ4n) is 1.25. The fraction of sp³-hybridized carbons (Fsp3) is 0.364. The zero-order chi connectivity index (χ0) is 11.3. The van der Waals surface area contributed by atoms with E-state index in [1.807, 2.05) is 6.07 Å². The molecule has 0 aromatic heterocycles. The van der Waals surface area contributed by atoms with Crippen LogP contribution in [-0.4, -0.2) is 19.5 Å². The molecule has 1 aromatic rings. The third-order valence-electron chi connectivity index (χ3n) is 2.02. The quantitative estimate of drug-likeness (QED) is 0.829. The standard InChI is InChI=1S/C11H15ClN2O/c1-3-6-14-10-5-4-8(12)7-9(10)11(15)13-2/h4-5,7,14H,3,6H2,1-2H3,(H,13,15). The third-order valence-corrected chi connectivity index (χ3v) is 2.25. The summed E-state index contributed by atoms with van der Waals surface area (Å²) in [4.78, 5) is 11.5. The van der Waals surface area contributed by atoms with Crippen LogP contribution in [0.5, 0.6) is 0 Å². The molecule has 82 valence electrons. The minimum Gasteiger partial charge on any atom is -0.384 e. The Kier molecular flexibility index (Phi) is 4.43. The molecule has 0 spiro atoms. The Hall–Kier alpha value is -1.22. The van der Waals surface area contributed by atoms with Crippen molar-refractivity contribution in [3.63, 3.8) is 0 Å². The van der Waals surface area contributed by atoms with E-state index in [9.17, 15) is 4.79 Å². The summed E-state index contributed by atoms with van der Waals surface area (Å²) in [6, 6.07) is 5.26. The second-order valence-electron chi connectivity index (χ2n) is 3.20. The molecule has 0 heterocycles. The first kappa shape index (κ1) is 11.9. The van der Waals surface area contributed by atoms with Crippen LogP contribution in [0.3, 0.4) is 0 Å². The highest BCUT2D eigenvalue weighted by Gasteiger charge is 2.09. The number of halogens is 1. The van der Waals surface area contributed by atoms with Gasteiger partial charge in [0.2, 0.25) is 0 Å². The van der Waals surface area contributed by atoms with Crippen molar-refractivity contribution in [2.75, 3.05) is 18.9 Å². The minimum absolute atomic E-state index is 0.129. The van der Waals surface area contributed by atoms with Crippen molar-refractivity contribution in [1.82, 2.24) is 5.32 Å². The first-order valence-corrected chi connectivity index (χ1v) is 5.32. The Labute approximate surface area is 94.8 Å². The van der Waals surface area contributed by atoms with Gasteiger partial charge in [-0.1, -0.05) is 18.5 Å². The summed E-state index contributed by atoms with van der Waals surface area (Å²) in [5, 5.41) is 6.34. The molecule has 1 rings (SSSR count). The predicted molar refractivity (Wildman–Crippen MR) is 63.6 cm³/mol. The monoisotopic (exact) mass is 226 g/mol. The molecule has 0 saturated carbocycles. The lowest BCUT2D eigenvalue weighted by atomic mass is 10.1. The Bertz CT molecular complexity index is 352. The average molecular weight is 227 g/mol. The highest BCUT2D eigenvalue weighted by Crippen LogP contribution is 2.20. The number of hydrogen-bond donors (Lipinski definition) is 2. The first-order chi connectivity index (χ1) is 7.19. The number of hydrogen-bond acceptors (Lipinski definition) is 2. The number of amides is 1. The minimum atomic E-state index is -0.129. The van der Waals surface area contributed by atoms with Crippen LogP contribution in [0.15, 0.2) is 18.2 Å². The van der Waals surface area contributed by atoms with Gasteiger partial charge in [0.05, 0.1) is 5.56 Å². The van der Waals surface area contributed by atoms with E-state index in [0.29, 0.717) is 10.6 Å². The van der Waals surface area contributed by atoms with Gasteiger partial charge in [-0.25, -0.2) is 0 Å². The van der Waals surface area contributed by atoms with E-state index < -0.39 is 0 Å². The molecule has 0 bridgehead atoms. The molecular formula is C11H15ClN2O. The van der Waals surface area contributed by atoms with E-state index >= 15 is 0 Å². The molecule has 0 saturated heterocycles. The van der Waals surface area contributed by atoms with Gasteiger partial charge in [0.1, 0.15) is 0 Å². The maximum absolute atomic E-state index is 11.5. The topological polar surface area (TPSA) is 41.1 Å². The fourth-order valence-corrected chi connectivity index (χ4v) is 1.42. The highest BCUT2D eigenvalue weighted by molar-refractivity contribution is 6.31. The van der Waals surface area contributed by atoms with Crippen LogP contribution in [0, 0.1) is 0 Å². The zero-order valence-electron chi connectivity index (χ0n) is 8.93. The summed E-state index contributed by atoms with van der Waals surface area (Å²) in [7, 11) is 1.60. The normalized spacial score (nSPS) is 9.80. The molecule has 0 unspecified atom stereocenters. The molecule has 0 fully saturated rings. The van der Waals surface area contributed by atoms with Crippen LogP contribution in [0.4, 0.5) is 5.69 Å². The van der Waals surface area contributed by atoms with E-state index in [-0.39, 0.29) is 5.91 Å². The highest BCUT2D eigenvalue weighted by atomic mass is 35.5. The van der Waals surface area contributed by atoms with Gasteiger partial charge >= 0.3 is 0 Å². The Morgan fingerprint density at radius 1 is 1.47 bits per heavy atom. The van der Waals surface area contributed by atoms with Crippen LogP contribution in [0.1, 0.15) is 23.7 Å². The molecular weight excluding hydrogens is 212 g/mol. The Morgan fingerprint density at radius 3 is 2.80 bits per heavy atom. The summed E-state index contributed by atoms with van der Waals surface area (Å²) in [5.41, 5.74) is 1.40. The molecule has 15 heavy (non-hydrogen) atoms. The van der Waals surface area contributed by atoms with Crippen molar-refractivity contribution in [2.24, 2.45) is 0 Å². The van der Waals surface area contributed by atoms with Crippen LogP contribution >= 0.6 is 11.6 Å². The molecule has 0 aliphatic carbocycles. The lowest BCUT2D eigenvalue weighted by Gasteiger charge is -2.10. The molecule has 0 aliphatic heterocycles. The Balaban J connectivity index is 2.97. The SMILES string of the molecule is CCCNc1ccc(Cl)cc1C(=O)NC. The van der Waals surface area contributed by atoms with Gasteiger partial charge in [0.15, 0.2) is 0 Å². The second kappa shape index (κ2) is 5.61. The lowest BCUT2D eigenvalue weighted by Crippen LogP contribution is -2.19. The summed E-state index contributed by atoms with van der Waals surface area (Å²) >= 11 is 5.84. The summed E-state index contributed by atoms with van der Waals surface area (Å²) in [5.74, 6) is -0.129. The maximum Gasteiger partial charge on any atom is 0.253 e. The van der Waals surface area contributed by atoms with Gasteiger partial charge in [0.25, 0.3) is 5.91 Å². The van der Waals surface area contributed by atoms with Gasteiger partial charge in [0, 0.05) is 24.3 Å². The number of rotatable bonds is 4. The smallest absolute Gasteiger partial charge is 0.253 e. The summed E-state index contributed by atoms with van der Waals surface area (Å²) in [6.07, 6.45) is 1.01. The number of nitrogens with one attached hydrogen (secondary N) is 2. The first-order valence-electron chi connectivity index (χ1n) is 4.94. The number of benzene rings is 1. The number of carbonyl (C=O) groups excluding carboxylic acids is 1. The second-order valence-corrected chi connectivity index (χ2v) is 3.63. The van der Waals surface area contributed by atoms with E-state index in [4.69, 9.17) is 11.6 Å². The molecule has 2 N–H and O–H groups in total. The molecule has 0 aliphatic rings. The van der Waals surface area contributed by atoms with Gasteiger partial charge < -0.3 is 10.6 Å². The third kappa shape index (κ3) is 3.13. The predicted octanol–water partition coefficient (Wildman–Crippen LogP) is 2.52. The van der Waals surface area contributed by atoms with Crippen molar-refractivity contribution >= 4 is 23.2 Å². The molecule has 0 radical (unpaired) electrons. The summed E-state index contributed by atoms with van der Waals surface area (Å²) in [6.45, 7) is 2.91. The van der Waals surface area contributed by atoms with Gasteiger partial charge in [-0.15, -0.1) is 0 Å². The van der Waals surface area contributed by atoms with Gasteiger partial charge in [-0.3, -0.25) is 4.79 Å². The molecule has 1 aromatic carbocycles. The van der Waals surface area contributed by atoms with Gasteiger partial charge in [-0.05, 0) is 24.6 Å². The van der Waals surface area contributed by atoms with Crippen LogP contribution in [-0.2, 0) is 0 Å². The van der Waals surface area contributed by atoms with Crippen LogP contribution in [0.2, 0.25) is 5.02 Å². The number of anilines is 1. The molecule has 3 nitrogen and oxygen atoms in total. The van der Waals surface area contributed by atoms with Crippen molar-refractivity contribution < 1.29 is 4.79 Å². The summed E-state index contributed by atoms with van der Waals surface area (Å²) < 4.78 is 0. The molecule has 1 amide bonds. The largest absolute Gasteiger partial charge is 0.384 e. The van der Waals surface area contributed by atoms with Crippen LogP contribution < -0.4 is 10.6 Å². The molecule has 4 heteroatoms. The Morgan fingerprint density at radius 2 is 2.20 bits per heavy atom. The van der Waals surface area contributed by atoms with E-state index in [2.05, 4.69) is 17.6 Å². The van der Waals surface area contributed by atoms with Crippen molar-refractivity contribution in [2.45, 2.75) is 13.3 Å².